The zero-order valence-electron chi connectivity index (χ0n) is 12.1. The van der Waals surface area contributed by atoms with Gasteiger partial charge in [-0.25, -0.2) is 0 Å². The molecular weight excluding hydrogens is 286 g/mol. The number of nitrogens with zero attached hydrogens (tertiary/aromatic N) is 2. The summed E-state index contributed by atoms with van der Waals surface area (Å²) < 4.78 is 5.41. The van der Waals surface area contributed by atoms with Crippen LogP contribution in [0.1, 0.15) is 44.1 Å². The fraction of sp³-hybridized carbons (Fsp3) is 0.375. The Morgan fingerprint density at radius 1 is 1.19 bits per heavy atom. The van der Waals surface area contributed by atoms with Crippen LogP contribution in [0.4, 0.5) is 0 Å². The maximum Gasteiger partial charge on any atom is 0.253 e. The molecule has 0 amide bonds. The predicted molar refractivity (Wildman–Crippen MR) is 85.9 cm³/mol. The SMILES string of the molecule is CC(=C1CCCC1)c1nc(-c2ccc(CN)cc2)no1.Cl. The van der Waals surface area contributed by atoms with E-state index < -0.39 is 0 Å². The predicted octanol–water partition coefficient (Wildman–Crippen LogP) is 3.96. The molecule has 1 fully saturated rings. The van der Waals surface area contributed by atoms with Crippen molar-refractivity contribution < 1.29 is 4.52 Å². The minimum atomic E-state index is 0. The van der Waals surface area contributed by atoms with E-state index in [-0.39, 0.29) is 12.4 Å². The van der Waals surface area contributed by atoms with Crippen molar-refractivity contribution in [2.24, 2.45) is 5.73 Å². The van der Waals surface area contributed by atoms with Gasteiger partial charge in [0.15, 0.2) is 0 Å². The molecule has 112 valence electrons. The summed E-state index contributed by atoms with van der Waals surface area (Å²) in [5.74, 6) is 1.29. The van der Waals surface area contributed by atoms with Crippen LogP contribution in [0.25, 0.3) is 17.0 Å². The van der Waals surface area contributed by atoms with Crippen molar-refractivity contribution in [3.63, 3.8) is 0 Å². The molecule has 0 atom stereocenters. The molecule has 0 spiro atoms. The molecule has 1 saturated carbocycles. The van der Waals surface area contributed by atoms with Gasteiger partial charge >= 0.3 is 0 Å². The standard InChI is InChI=1S/C16H19N3O.ClH/c1-11(13-4-2-3-5-13)16-18-15(19-20-16)14-8-6-12(10-17)7-9-14;/h6-9H,2-5,10,17H2,1H3;1H. The third-order valence-electron chi connectivity index (χ3n) is 3.93. The molecule has 0 unspecified atom stereocenters. The molecule has 2 aromatic rings. The van der Waals surface area contributed by atoms with Crippen LogP contribution in [0.3, 0.4) is 0 Å². The lowest BCUT2D eigenvalue weighted by Gasteiger charge is -1.99. The van der Waals surface area contributed by atoms with Crippen molar-refractivity contribution >= 4 is 18.0 Å². The van der Waals surface area contributed by atoms with E-state index >= 15 is 0 Å². The highest BCUT2D eigenvalue weighted by Crippen LogP contribution is 2.31. The first-order chi connectivity index (χ1) is 9.78. The second-order valence-electron chi connectivity index (χ2n) is 5.26. The normalized spacial score (nSPS) is 14.1. The monoisotopic (exact) mass is 305 g/mol. The molecule has 1 aliphatic carbocycles. The van der Waals surface area contributed by atoms with Gasteiger partial charge in [-0.2, -0.15) is 4.98 Å². The van der Waals surface area contributed by atoms with E-state index in [0.29, 0.717) is 18.3 Å². The zero-order valence-corrected chi connectivity index (χ0v) is 12.9. The van der Waals surface area contributed by atoms with Crippen molar-refractivity contribution in [3.8, 4) is 11.4 Å². The Morgan fingerprint density at radius 2 is 1.86 bits per heavy atom. The fourth-order valence-corrected chi connectivity index (χ4v) is 2.61. The zero-order chi connectivity index (χ0) is 13.9. The number of halogens is 1. The highest BCUT2D eigenvalue weighted by molar-refractivity contribution is 5.85. The summed E-state index contributed by atoms with van der Waals surface area (Å²) in [5.41, 5.74) is 10.3. The van der Waals surface area contributed by atoms with Crippen LogP contribution in [0.2, 0.25) is 0 Å². The number of aromatic nitrogens is 2. The number of hydrogen-bond acceptors (Lipinski definition) is 4. The van der Waals surface area contributed by atoms with E-state index in [9.17, 15) is 0 Å². The highest BCUT2D eigenvalue weighted by Gasteiger charge is 2.16. The molecule has 3 rings (SSSR count). The summed E-state index contributed by atoms with van der Waals surface area (Å²) in [6.45, 7) is 2.62. The topological polar surface area (TPSA) is 64.9 Å². The van der Waals surface area contributed by atoms with E-state index in [1.165, 1.54) is 18.4 Å². The van der Waals surface area contributed by atoms with E-state index in [2.05, 4.69) is 17.1 Å². The first-order valence-electron chi connectivity index (χ1n) is 7.10. The van der Waals surface area contributed by atoms with Gasteiger partial charge in [0.2, 0.25) is 5.82 Å². The van der Waals surface area contributed by atoms with Crippen molar-refractivity contribution in [2.45, 2.75) is 39.2 Å². The Balaban J connectivity index is 0.00000161. The Bertz CT molecular complexity index is 623. The summed E-state index contributed by atoms with van der Waals surface area (Å²) in [5, 5.41) is 4.08. The maximum atomic E-state index is 5.60. The minimum absolute atomic E-state index is 0. The maximum absolute atomic E-state index is 5.60. The number of allylic oxidation sites excluding steroid dienone is 2. The molecule has 1 heterocycles. The quantitative estimate of drug-likeness (QED) is 0.932. The highest BCUT2D eigenvalue weighted by atomic mass is 35.5. The molecule has 0 aliphatic heterocycles. The molecule has 1 aromatic heterocycles. The van der Waals surface area contributed by atoms with E-state index in [1.807, 2.05) is 24.3 Å². The lowest BCUT2D eigenvalue weighted by Crippen LogP contribution is -1.95. The number of hydrogen-bond donors (Lipinski definition) is 1. The summed E-state index contributed by atoms with van der Waals surface area (Å²) in [6, 6.07) is 7.95. The second kappa shape index (κ2) is 6.87. The molecule has 5 heteroatoms. The van der Waals surface area contributed by atoms with Crippen molar-refractivity contribution in [1.29, 1.82) is 0 Å². The van der Waals surface area contributed by atoms with E-state index in [0.717, 1.165) is 29.5 Å². The number of rotatable bonds is 3. The molecule has 0 bridgehead atoms. The van der Waals surface area contributed by atoms with Crippen LogP contribution >= 0.6 is 12.4 Å². The van der Waals surface area contributed by atoms with Crippen LogP contribution in [0, 0.1) is 0 Å². The minimum Gasteiger partial charge on any atom is -0.334 e. The van der Waals surface area contributed by atoms with Gasteiger partial charge in [-0.1, -0.05) is 35.0 Å². The van der Waals surface area contributed by atoms with Gasteiger partial charge in [0, 0.05) is 17.7 Å². The molecule has 21 heavy (non-hydrogen) atoms. The van der Waals surface area contributed by atoms with Gasteiger partial charge in [-0.3, -0.25) is 0 Å². The average molecular weight is 306 g/mol. The smallest absolute Gasteiger partial charge is 0.253 e. The molecule has 1 aromatic carbocycles. The molecule has 4 nitrogen and oxygen atoms in total. The number of nitrogens with two attached hydrogens (primary N) is 1. The van der Waals surface area contributed by atoms with Gasteiger partial charge < -0.3 is 10.3 Å². The molecule has 0 radical (unpaired) electrons. The van der Waals surface area contributed by atoms with Crippen molar-refractivity contribution in [3.05, 3.63) is 41.3 Å². The molecule has 2 N–H and O–H groups in total. The largest absolute Gasteiger partial charge is 0.334 e. The summed E-state index contributed by atoms with van der Waals surface area (Å²) in [6.07, 6.45) is 4.87. The van der Waals surface area contributed by atoms with Gasteiger partial charge in [0.1, 0.15) is 0 Å². The average Bonchev–Trinajstić information content (AvgIpc) is 3.18. The van der Waals surface area contributed by atoms with Crippen LogP contribution in [0.15, 0.2) is 34.4 Å². The fourth-order valence-electron chi connectivity index (χ4n) is 2.61. The van der Waals surface area contributed by atoms with Crippen LogP contribution < -0.4 is 5.73 Å². The lowest BCUT2D eigenvalue weighted by atomic mass is 10.1. The summed E-state index contributed by atoms with van der Waals surface area (Å²) >= 11 is 0. The summed E-state index contributed by atoms with van der Waals surface area (Å²) in [7, 11) is 0. The first kappa shape index (κ1) is 15.7. The van der Waals surface area contributed by atoms with Crippen LogP contribution in [-0.4, -0.2) is 10.1 Å². The molecular formula is C16H20ClN3O. The molecule has 0 saturated heterocycles. The van der Waals surface area contributed by atoms with Crippen molar-refractivity contribution in [2.75, 3.05) is 0 Å². The van der Waals surface area contributed by atoms with Crippen LogP contribution in [0.5, 0.6) is 0 Å². The first-order valence-corrected chi connectivity index (χ1v) is 7.10. The Morgan fingerprint density at radius 3 is 2.48 bits per heavy atom. The summed E-state index contributed by atoms with van der Waals surface area (Å²) in [4.78, 5) is 4.51. The van der Waals surface area contributed by atoms with Gasteiger partial charge in [0.25, 0.3) is 5.89 Å². The third kappa shape index (κ3) is 3.34. The van der Waals surface area contributed by atoms with Crippen LogP contribution in [-0.2, 0) is 6.54 Å². The van der Waals surface area contributed by atoms with Gasteiger partial charge in [-0.05, 0) is 38.2 Å². The molecule has 1 aliphatic rings. The third-order valence-corrected chi connectivity index (χ3v) is 3.93. The van der Waals surface area contributed by atoms with Crippen molar-refractivity contribution in [1.82, 2.24) is 10.1 Å². The van der Waals surface area contributed by atoms with E-state index in [4.69, 9.17) is 10.3 Å². The lowest BCUT2D eigenvalue weighted by molar-refractivity contribution is 0.407. The second-order valence-corrected chi connectivity index (χ2v) is 5.26. The van der Waals surface area contributed by atoms with Gasteiger partial charge in [0.05, 0.1) is 0 Å². The number of benzene rings is 1. The Hall–Kier alpha value is -1.65. The van der Waals surface area contributed by atoms with Gasteiger partial charge in [-0.15, -0.1) is 12.4 Å². The van der Waals surface area contributed by atoms with E-state index in [1.54, 1.807) is 0 Å². The Labute approximate surface area is 130 Å². The Kier molecular flexibility index (Phi) is 5.15.